The molecule has 0 rings (SSSR count). The maximum atomic E-state index is 13.2. The van der Waals surface area contributed by atoms with E-state index in [1.807, 2.05) is 19.0 Å². The zero-order valence-electron chi connectivity index (χ0n) is 37.7. The lowest BCUT2D eigenvalue weighted by Crippen LogP contribution is -2.49. The summed E-state index contributed by atoms with van der Waals surface area (Å²) in [5.74, 6) is -0.987. The average Bonchev–Trinajstić information content (AvgIpc) is 3.17. The topological polar surface area (TPSA) is 131 Å². The van der Waals surface area contributed by atoms with Crippen LogP contribution in [0.25, 0.3) is 0 Å². The van der Waals surface area contributed by atoms with E-state index in [1.54, 1.807) is 35.8 Å². The normalized spacial score (nSPS) is 13.4. The van der Waals surface area contributed by atoms with Gasteiger partial charge < -0.3 is 39.8 Å². The van der Waals surface area contributed by atoms with E-state index in [9.17, 15) is 29.7 Å². The van der Waals surface area contributed by atoms with Gasteiger partial charge in [-0.25, -0.2) is 0 Å². The molecule has 0 saturated heterocycles. The Morgan fingerprint density at radius 3 is 0.946 bits per heavy atom. The van der Waals surface area contributed by atoms with E-state index in [0.717, 1.165) is 70.8 Å². The zero-order chi connectivity index (χ0) is 42.1. The molecule has 0 aromatic heterocycles. The summed E-state index contributed by atoms with van der Waals surface area (Å²) >= 11 is 0. The molecule has 12 nitrogen and oxygen atoms in total. The molecule has 0 aromatic rings. The van der Waals surface area contributed by atoms with E-state index >= 15 is 0 Å². The van der Waals surface area contributed by atoms with Crippen molar-refractivity contribution in [3.05, 3.63) is 0 Å². The Balaban J connectivity index is 5.58. The van der Waals surface area contributed by atoms with Gasteiger partial charge in [0.1, 0.15) is 18.3 Å². The van der Waals surface area contributed by atoms with E-state index in [0.29, 0.717) is 45.7 Å². The minimum atomic E-state index is -1.29. The first-order valence-corrected chi connectivity index (χ1v) is 22.7. The maximum absolute atomic E-state index is 13.2. The lowest BCUT2D eigenvalue weighted by atomic mass is 10.1. The van der Waals surface area contributed by atoms with Crippen LogP contribution in [0.5, 0.6) is 0 Å². The third-order valence-electron chi connectivity index (χ3n) is 10.8. The van der Waals surface area contributed by atoms with Gasteiger partial charge in [0, 0.05) is 60.4 Å². The van der Waals surface area contributed by atoms with Gasteiger partial charge in [-0.2, -0.15) is 0 Å². The molecule has 12 heteroatoms. The summed E-state index contributed by atoms with van der Waals surface area (Å²) in [6.45, 7) is 11.1. The number of amides is 3. The van der Waals surface area contributed by atoms with Crippen molar-refractivity contribution < 1.29 is 29.7 Å². The number of nitrogens with zero attached hydrogens (tertiary/aromatic N) is 6. The molecule has 3 amide bonds. The molecule has 3 N–H and O–H groups in total. The van der Waals surface area contributed by atoms with E-state index < -0.39 is 18.3 Å². The molecular weight excluding hydrogens is 709 g/mol. The lowest BCUT2D eigenvalue weighted by Gasteiger charge is -2.31. The number of carbonyl (C=O) groups is 3. The molecule has 0 aromatic carbocycles. The van der Waals surface area contributed by atoms with Crippen LogP contribution in [0.3, 0.4) is 0 Å². The molecule has 0 heterocycles. The molecule has 0 aliphatic rings. The fourth-order valence-electron chi connectivity index (χ4n) is 7.13. The summed E-state index contributed by atoms with van der Waals surface area (Å²) in [6, 6.07) is 0. The second-order valence-electron chi connectivity index (χ2n) is 16.7. The van der Waals surface area contributed by atoms with Crippen LogP contribution in [-0.2, 0) is 14.4 Å². The highest BCUT2D eigenvalue weighted by atomic mass is 16.3. The van der Waals surface area contributed by atoms with Crippen molar-refractivity contribution in [2.45, 2.75) is 167 Å². The summed E-state index contributed by atoms with van der Waals surface area (Å²) in [7, 11) is 9.25. The summed E-state index contributed by atoms with van der Waals surface area (Å²) in [4.78, 5) is 50.5. The first kappa shape index (κ1) is 54.2. The first-order valence-electron chi connectivity index (χ1n) is 22.7. The van der Waals surface area contributed by atoms with Crippen LogP contribution < -0.4 is 0 Å². The maximum Gasteiger partial charge on any atom is 0.252 e. The van der Waals surface area contributed by atoms with Gasteiger partial charge in [-0.05, 0) is 72.4 Å². The third-order valence-corrected chi connectivity index (χ3v) is 10.8. The van der Waals surface area contributed by atoms with Crippen molar-refractivity contribution in [1.82, 2.24) is 29.4 Å². The number of likely N-dealkylation sites (N-methyl/N-ethyl adjacent to an activating group) is 3. The van der Waals surface area contributed by atoms with Gasteiger partial charge in [0.05, 0.1) is 0 Å². The van der Waals surface area contributed by atoms with Gasteiger partial charge in [0.25, 0.3) is 17.7 Å². The number of unbranched alkanes of at least 4 members (excludes halogenated alkanes) is 15. The van der Waals surface area contributed by atoms with Gasteiger partial charge in [0.2, 0.25) is 0 Å². The summed E-state index contributed by atoms with van der Waals surface area (Å²) in [5.41, 5.74) is 0. The predicted molar refractivity (Wildman–Crippen MR) is 232 cm³/mol. The number of aliphatic hydroxyl groups excluding tert-OH is 3. The van der Waals surface area contributed by atoms with Crippen molar-refractivity contribution in [2.75, 3.05) is 101 Å². The van der Waals surface area contributed by atoms with Crippen LogP contribution >= 0.6 is 0 Å². The van der Waals surface area contributed by atoms with Crippen LogP contribution in [0.4, 0.5) is 0 Å². The summed E-state index contributed by atoms with van der Waals surface area (Å²) < 4.78 is 0. The molecule has 0 bridgehead atoms. The standard InChI is InChI=1S/C44H90N6O6/c1-9-12-15-18-21-24-30-46(6)42(54)39(51)36-49(33-27-29-45(4)5)34-28-35-50(37-40(52)43(55)47(7)31-25-22-19-16-13-10-2)38-41(53)44(56)48(8)32-26-23-20-17-14-11-3/h39-41,51-53H,9-38H2,1-8H3. The molecule has 0 fully saturated rings. The molecule has 0 aliphatic heterocycles. The Labute approximate surface area is 344 Å². The smallest absolute Gasteiger partial charge is 0.252 e. The quantitative estimate of drug-likeness (QED) is 0.0697. The SMILES string of the molecule is CCCCCCCCN(C)C(=O)C(O)CN(CCCN(C)C)CCCN(CC(O)C(=O)N(C)CCCCCCCC)CC(O)C(=O)N(C)CCCCCCCC. The molecule has 0 spiro atoms. The van der Waals surface area contributed by atoms with Gasteiger partial charge in [-0.3, -0.25) is 19.3 Å². The van der Waals surface area contributed by atoms with Crippen molar-refractivity contribution in [1.29, 1.82) is 0 Å². The summed E-state index contributed by atoms with van der Waals surface area (Å²) in [5, 5.41) is 33.3. The molecule has 3 unspecified atom stereocenters. The average molecular weight is 799 g/mol. The highest BCUT2D eigenvalue weighted by Crippen LogP contribution is 2.11. The highest BCUT2D eigenvalue weighted by Gasteiger charge is 2.28. The van der Waals surface area contributed by atoms with Crippen molar-refractivity contribution in [3.63, 3.8) is 0 Å². The van der Waals surface area contributed by atoms with Crippen LogP contribution in [-0.4, -0.2) is 181 Å². The van der Waals surface area contributed by atoms with Gasteiger partial charge in [-0.1, -0.05) is 117 Å². The first-order chi connectivity index (χ1) is 26.8. The fourth-order valence-corrected chi connectivity index (χ4v) is 7.13. The lowest BCUT2D eigenvalue weighted by molar-refractivity contribution is -0.142. The van der Waals surface area contributed by atoms with E-state index in [1.165, 1.54) is 57.8 Å². The summed E-state index contributed by atoms with van der Waals surface area (Å²) in [6.07, 6.45) is 17.9. The second kappa shape index (κ2) is 35.1. The number of carbonyl (C=O) groups excluding carboxylic acids is 3. The highest BCUT2D eigenvalue weighted by molar-refractivity contribution is 5.81. The molecule has 0 saturated carbocycles. The Morgan fingerprint density at radius 2 is 0.625 bits per heavy atom. The Kier molecular flexibility index (Phi) is 34.0. The number of rotatable bonds is 38. The second-order valence-corrected chi connectivity index (χ2v) is 16.7. The van der Waals surface area contributed by atoms with Gasteiger partial charge in [0.15, 0.2) is 0 Å². The van der Waals surface area contributed by atoms with E-state index in [2.05, 4.69) is 30.6 Å². The van der Waals surface area contributed by atoms with E-state index in [4.69, 9.17) is 0 Å². The fraction of sp³-hybridized carbons (Fsp3) is 0.932. The van der Waals surface area contributed by atoms with Crippen LogP contribution in [0, 0.1) is 0 Å². The minimum absolute atomic E-state index is 0.00383. The molecule has 332 valence electrons. The number of aliphatic hydroxyl groups is 3. The van der Waals surface area contributed by atoms with Crippen LogP contribution in [0.15, 0.2) is 0 Å². The Morgan fingerprint density at radius 1 is 0.357 bits per heavy atom. The number of hydrogen-bond donors (Lipinski definition) is 3. The Bertz CT molecular complexity index is 932. The molecule has 0 radical (unpaired) electrons. The molecule has 3 atom stereocenters. The molecule has 0 aliphatic carbocycles. The van der Waals surface area contributed by atoms with Crippen molar-refractivity contribution in [3.8, 4) is 0 Å². The Hall–Kier alpha value is -1.83. The molecular formula is C44H90N6O6. The van der Waals surface area contributed by atoms with Crippen LogP contribution in [0.1, 0.15) is 149 Å². The third kappa shape index (κ3) is 27.7. The van der Waals surface area contributed by atoms with Crippen molar-refractivity contribution in [2.24, 2.45) is 0 Å². The van der Waals surface area contributed by atoms with Gasteiger partial charge >= 0.3 is 0 Å². The monoisotopic (exact) mass is 799 g/mol. The van der Waals surface area contributed by atoms with Gasteiger partial charge in [-0.15, -0.1) is 0 Å². The van der Waals surface area contributed by atoms with Crippen molar-refractivity contribution >= 4 is 17.7 Å². The molecule has 56 heavy (non-hydrogen) atoms. The van der Waals surface area contributed by atoms with Crippen LogP contribution in [0.2, 0.25) is 0 Å². The number of hydrogen-bond acceptors (Lipinski definition) is 9. The zero-order valence-corrected chi connectivity index (χ0v) is 37.7. The minimum Gasteiger partial charge on any atom is -0.382 e. The predicted octanol–water partition coefficient (Wildman–Crippen LogP) is 5.47. The largest absolute Gasteiger partial charge is 0.382 e. The van der Waals surface area contributed by atoms with E-state index in [-0.39, 0.29) is 37.4 Å².